The number of anilines is 1. The Morgan fingerprint density at radius 2 is 1.93 bits per heavy atom. The molecule has 2 amide bonds. The molecule has 0 bridgehead atoms. The van der Waals surface area contributed by atoms with Crippen molar-refractivity contribution in [3.05, 3.63) is 59.9 Å². The maximum absolute atomic E-state index is 13.5. The van der Waals surface area contributed by atoms with E-state index in [0.717, 1.165) is 5.69 Å². The van der Waals surface area contributed by atoms with Crippen molar-refractivity contribution < 1.29 is 18.7 Å². The molecule has 6 heteroatoms. The lowest BCUT2D eigenvalue weighted by atomic mass is 9.83. The van der Waals surface area contributed by atoms with Gasteiger partial charge in [0.25, 0.3) is 0 Å². The van der Waals surface area contributed by atoms with Gasteiger partial charge >= 0.3 is 0 Å². The molecule has 142 valence electrons. The average Bonchev–Trinajstić information content (AvgIpc) is 3.02. The zero-order valence-corrected chi connectivity index (χ0v) is 15.7. The first-order valence-corrected chi connectivity index (χ1v) is 8.82. The van der Waals surface area contributed by atoms with Crippen LogP contribution in [0.2, 0.25) is 0 Å². The first kappa shape index (κ1) is 18.9. The zero-order valence-electron chi connectivity index (χ0n) is 15.7. The monoisotopic (exact) mass is 370 g/mol. The normalized spacial score (nSPS) is 17.1. The number of carbonyl (C=O) groups is 2. The van der Waals surface area contributed by atoms with E-state index in [9.17, 15) is 14.0 Å². The van der Waals surface area contributed by atoms with E-state index in [4.69, 9.17) is 4.74 Å². The Morgan fingerprint density at radius 3 is 2.56 bits per heavy atom. The van der Waals surface area contributed by atoms with Crippen molar-refractivity contribution in [1.82, 2.24) is 5.32 Å². The molecule has 0 radical (unpaired) electrons. The van der Waals surface area contributed by atoms with E-state index in [1.54, 1.807) is 50.1 Å². The molecule has 1 heterocycles. The van der Waals surface area contributed by atoms with Gasteiger partial charge < -0.3 is 15.0 Å². The van der Waals surface area contributed by atoms with Crippen LogP contribution in [0.3, 0.4) is 0 Å². The number of nitrogens with one attached hydrogen (secondary N) is 1. The van der Waals surface area contributed by atoms with Crippen molar-refractivity contribution in [3.8, 4) is 5.75 Å². The molecular weight excluding hydrogens is 347 g/mol. The Hall–Kier alpha value is -2.89. The fourth-order valence-corrected chi connectivity index (χ4v) is 3.19. The van der Waals surface area contributed by atoms with Crippen LogP contribution in [0.4, 0.5) is 10.1 Å². The van der Waals surface area contributed by atoms with Crippen LogP contribution in [0, 0.1) is 5.82 Å². The van der Waals surface area contributed by atoms with Crippen molar-refractivity contribution in [2.75, 3.05) is 18.6 Å². The summed E-state index contributed by atoms with van der Waals surface area (Å²) >= 11 is 0. The van der Waals surface area contributed by atoms with Crippen molar-refractivity contribution in [1.29, 1.82) is 0 Å². The minimum absolute atomic E-state index is 0.0472. The van der Waals surface area contributed by atoms with Crippen LogP contribution in [0.1, 0.15) is 25.8 Å². The number of hydrogen-bond donors (Lipinski definition) is 1. The average molecular weight is 370 g/mol. The predicted octanol–water partition coefficient (Wildman–Crippen LogP) is 3.03. The number of carbonyl (C=O) groups excluding carboxylic acids is 2. The SMILES string of the molecule is COc1ccc(N2CC(NC(=O)C(C)(C)c3cccc(F)c3)CC2=O)cc1. The van der Waals surface area contributed by atoms with E-state index in [2.05, 4.69) is 5.32 Å². The first-order chi connectivity index (χ1) is 12.8. The van der Waals surface area contributed by atoms with Gasteiger partial charge in [-0.15, -0.1) is 0 Å². The maximum Gasteiger partial charge on any atom is 0.230 e. The molecule has 2 aromatic rings. The van der Waals surface area contributed by atoms with Gasteiger partial charge in [-0.2, -0.15) is 0 Å². The summed E-state index contributed by atoms with van der Waals surface area (Å²) in [7, 11) is 1.59. The molecule has 1 saturated heterocycles. The van der Waals surface area contributed by atoms with E-state index in [1.165, 1.54) is 12.1 Å². The number of rotatable bonds is 5. The van der Waals surface area contributed by atoms with Gasteiger partial charge in [0, 0.05) is 18.7 Å². The molecule has 5 nitrogen and oxygen atoms in total. The highest BCUT2D eigenvalue weighted by atomic mass is 19.1. The minimum Gasteiger partial charge on any atom is -0.497 e. The zero-order chi connectivity index (χ0) is 19.6. The lowest BCUT2D eigenvalue weighted by Crippen LogP contribution is -2.46. The molecule has 1 N–H and O–H groups in total. The summed E-state index contributed by atoms with van der Waals surface area (Å²) in [6.45, 7) is 3.89. The summed E-state index contributed by atoms with van der Waals surface area (Å²) in [6, 6.07) is 13.0. The van der Waals surface area contributed by atoms with E-state index < -0.39 is 5.41 Å². The fourth-order valence-electron chi connectivity index (χ4n) is 3.19. The lowest BCUT2D eigenvalue weighted by Gasteiger charge is -2.26. The van der Waals surface area contributed by atoms with Crippen molar-refractivity contribution >= 4 is 17.5 Å². The van der Waals surface area contributed by atoms with Crippen LogP contribution in [0.25, 0.3) is 0 Å². The van der Waals surface area contributed by atoms with Gasteiger partial charge in [0.05, 0.1) is 18.6 Å². The van der Waals surface area contributed by atoms with Crippen molar-refractivity contribution in [2.24, 2.45) is 0 Å². The topological polar surface area (TPSA) is 58.6 Å². The summed E-state index contributed by atoms with van der Waals surface area (Å²) in [4.78, 5) is 26.8. The molecular formula is C21H23FN2O3. The predicted molar refractivity (Wildman–Crippen MR) is 101 cm³/mol. The molecule has 0 aromatic heterocycles. The standard InChI is InChI=1S/C21H23FN2O3/c1-21(2,14-5-4-6-15(22)11-14)20(26)23-16-12-19(25)24(13-16)17-7-9-18(27-3)10-8-17/h4-11,16H,12-13H2,1-3H3,(H,23,26). The Kier molecular flexibility index (Phi) is 5.17. The molecule has 2 aromatic carbocycles. The molecule has 1 unspecified atom stereocenters. The van der Waals surface area contributed by atoms with Gasteiger partial charge in [-0.3, -0.25) is 9.59 Å². The number of hydrogen-bond acceptors (Lipinski definition) is 3. The number of nitrogens with zero attached hydrogens (tertiary/aromatic N) is 1. The first-order valence-electron chi connectivity index (χ1n) is 8.82. The van der Waals surface area contributed by atoms with Crippen LogP contribution >= 0.6 is 0 Å². The highest BCUT2D eigenvalue weighted by molar-refractivity contribution is 5.97. The number of benzene rings is 2. The van der Waals surface area contributed by atoms with Gasteiger partial charge in [-0.25, -0.2) is 4.39 Å². The third-order valence-corrected chi connectivity index (χ3v) is 4.96. The van der Waals surface area contributed by atoms with Crippen LogP contribution in [0.15, 0.2) is 48.5 Å². The third kappa shape index (κ3) is 3.94. The smallest absolute Gasteiger partial charge is 0.230 e. The van der Waals surface area contributed by atoms with Gasteiger partial charge in [-0.1, -0.05) is 12.1 Å². The van der Waals surface area contributed by atoms with Crippen LogP contribution in [-0.4, -0.2) is 31.5 Å². The van der Waals surface area contributed by atoms with E-state index in [0.29, 0.717) is 17.9 Å². The quantitative estimate of drug-likeness (QED) is 0.880. The summed E-state index contributed by atoms with van der Waals surface area (Å²) in [5.41, 5.74) is 0.455. The van der Waals surface area contributed by atoms with Gasteiger partial charge in [-0.05, 0) is 55.8 Å². The largest absolute Gasteiger partial charge is 0.497 e. The van der Waals surface area contributed by atoms with E-state index in [-0.39, 0.29) is 30.1 Å². The molecule has 1 aliphatic heterocycles. The highest BCUT2D eigenvalue weighted by Gasteiger charge is 2.36. The summed E-state index contributed by atoms with van der Waals surface area (Å²) in [5.74, 6) is 0.0544. The van der Waals surface area contributed by atoms with Gasteiger partial charge in [0.1, 0.15) is 11.6 Å². The second-order valence-electron chi connectivity index (χ2n) is 7.21. The maximum atomic E-state index is 13.5. The molecule has 0 spiro atoms. The number of methoxy groups -OCH3 is 1. The van der Waals surface area contributed by atoms with Crippen molar-refractivity contribution in [3.63, 3.8) is 0 Å². The summed E-state index contributed by atoms with van der Waals surface area (Å²) < 4.78 is 18.7. The van der Waals surface area contributed by atoms with E-state index >= 15 is 0 Å². The lowest BCUT2D eigenvalue weighted by molar-refractivity contribution is -0.126. The molecule has 1 atom stereocenters. The highest BCUT2D eigenvalue weighted by Crippen LogP contribution is 2.27. The van der Waals surface area contributed by atoms with E-state index in [1.807, 2.05) is 12.1 Å². The van der Waals surface area contributed by atoms with Crippen molar-refractivity contribution in [2.45, 2.75) is 31.7 Å². The van der Waals surface area contributed by atoms with Crippen LogP contribution < -0.4 is 15.0 Å². The summed E-state index contributed by atoms with van der Waals surface area (Å²) in [6.07, 6.45) is 0.233. The van der Waals surface area contributed by atoms with Crippen LogP contribution in [0.5, 0.6) is 5.75 Å². The van der Waals surface area contributed by atoms with Gasteiger partial charge in [0.2, 0.25) is 11.8 Å². The molecule has 1 fully saturated rings. The molecule has 0 saturated carbocycles. The Labute approximate surface area is 158 Å². The number of amides is 2. The van der Waals surface area contributed by atoms with Gasteiger partial charge in [0.15, 0.2) is 0 Å². The molecule has 0 aliphatic carbocycles. The van der Waals surface area contributed by atoms with Crippen LogP contribution in [-0.2, 0) is 15.0 Å². The Bertz CT molecular complexity index is 849. The second-order valence-corrected chi connectivity index (χ2v) is 7.21. The minimum atomic E-state index is -0.904. The molecule has 27 heavy (non-hydrogen) atoms. The molecule has 3 rings (SSSR count). The number of ether oxygens (including phenoxy) is 1. The Morgan fingerprint density at radius 1 is 1.22 bits per heavy atom. The molecule has 1 aliphatic rings. The third-order valence-electron chi connectivity index (χ3n) is 4.96. The Balaban J connectivity index is 1.69. The number of halogens is 1. The second kappa shape index (κ2) is 7.39. The summed E-state index contributed by atoms with van der Waals surface area (Å²) in [5, 5.41) is 2.94. The fraction of sp³-hybridized carbons (Fsp3) is 0.333.